The third kappa shape index (κ3) is 2.17. The Morgan fingerprint density at radius 2 is 2.23 bits per heavy atom. The van der Waals surface area contributed by atoms with Crippen molar-refractivity contribution in [2.24, 2.45) is 0 Å². The number of aliphatic hydroxyl groups excluding tert-OH is 2. The number of methoxy groups -OCH3 is 1. The third-order valence-corrected chi connectivity index (χ3v) is 4.23. The lowest BCUT2D eigenvalue weighted by Gasteiger charge is -2.23. The predicted octanol–water partition coefficient (Wildman–Crippen LogP) is -0.158. The van der Waals surface area contributed by atoms with Gasteiger partial charge in [0.2, 0.25) is 11.8 Å². The molecule has 4 N–H and O–H groups in total. The van der Waals surface area contributed by atoms with Crippen LogP contribution >= 0.6 is 23.2 Å². The van der Waals surface area contributed by atoms with E-state index in [1.54, 1.807) is 0 Å². The van der Waals surface area contributed by atoms with Gasteiger partial charge in [0.05, 0.1) is 20.0 Å². The van der Waals surface area contributed by atoms with Gasteiger partial charge in [-0.3, -0.25) is 4.57 Å². The summed E-state index contributed by atoms with van der Waals surface area (Å²) in [5, 5.41) is 19.3. The molecule has 22 heavy (non-hydrogen) atoms. The Balaban J connectivity index is 2.13. The highest BCUT2D eigenvalue weighted by Gasteiger charge is 2.55. The molecule has 9 nitrogen and oxygen atoms in total. The number of fused-ring (bicyclic) bond motifs is 1. The van der Waals surface area contributed by atoms with Gasteiger partial charge in [-0.25, -0.2) is 4.98 Å². The average Bonchev–Trinajstić information content (AvgIpc) is 2.98. The van der Waals surface area contributed by atoms with Crippen molar-refractivity contribution in [2.45, 2.75) is 22.8 Å². The number of rotatable bonds is 3. The number of aromatic nitrogens is 4. The van der Waals surface area contributed by atoms with Crippen LogP contribution in [-0.2, 0) is 4.74 Å². The van der Waals surface area contributed by atoms with E-state index in [0.29, 0.717) is 5.52 Å². The summed E-state index contributed by atoms with van der Waals surface area (Å²) in [5.41, 5.74) is 6.26. The molecule has 0 aliphatic carbocycles. The van der Waals surface area contributed by atoms with Crippen LogP contribution in [-0.4, -0.2) is 60.0 Å². The van der Waals surface area contributed by atoms with Crippen molar-refractivity contribution < 1.29 is 19.7 Å². The Hall–Kier alpha value is -1.39. The van der Waals surface area contributed by atoms with Gasteiger partial charge in [0.25, 0.3) is 0 Å². The van der Waals surface area contributed by atoms with Crippen LogP contribution in [0.4, 0.5) is 5.95 Å². The Morgan fingerprint density at radius 1 is 1.50 bits per heavy atom. The normalized spacial score (nSPS) is 27.4. The van der Waals surface area contributed by atoms with Crippen LogP contribution in [0.2, 0.25) is 0 Å². The molecular formula is C11H13Cl2N5O4. The van der Waals surface area contributed by atoms with Gasteiger partial charge in [-0.15, -0.1) is 0 Å². The van der Waals surface area contributed by atoms with E-state index >= 15 is 0 Å². The first-order valence-corrected chi connectivity index (χ1v) is 7.02. The van der Waals surface area contributed by atoms with E-state index in [0.717, 1.165) is 0 Å². The fraction of sp³-hybridized carbons (Fsp3) is 0.545. The highest BCUT2D eigenvalue weighted by molar-refractivity contribution is 6.49. The molecule has 3 atom stereocenters. The minimum Gasteiger partial charge on any atom is -0.479 e. The number of anilines is 1. The second kappa shape index (κ2) is 5.36. The molecule has 0 radical (unpaired) electrons. The van der Waals surface area contributed by atoms with Crippen molar-refractivity contribution in [3.63, 3.8) is 0 Å². The highest BCUT2D eigenvalue weighted by atomic mass is 35.5. The maximum Gasteiger partial charge on any atom is 0.246 e. The smallest absolute Gasteiger partial charge is 0.246 e. The molecule has 11 heteroatoms. The van der Waals surface area contributed by atoms with Gasteiger partial charge in [-0.1, -0.05) is 23.2 Å². The molecule has 0 amide bonds. The monoisotopic (exact) mass is 349 g/mol. The van der Waals surface area contributed by atoms with E-state index in [-0.39, 0.29) is 17.5 Å². The van der Waals surface area contributed by atoms with E-state index in [1.807, 2.05) is 0 Å². The zero-order valence-electron chi connectivity index (χ0n) is 11.3. The maximum atomic E-state index is 10.0. The summed E-state index contributed by atoms with van der Waals surface area (Å²) >= 11 is 12.4. The third-order valence-electron chi connectivity index (χ3n) is 3.41. The molecule has 1 aliphatic heterocycles. The molecule has 0 aromatic carbocycles. The Kier molecular flexibility index (Phi) is 3.77. The highest BCUT2D eigenvalue weighted by Crippen LogP contribution is 2.47. The summed E-state index contributed by atoms with van der Waals surface area (Å²) in [6.45, 7) is -0.439. The first-order valence-electron chi connectivity index (χ1n) is 6.26. The Bertz CT molecular complexity index is 709. The number of imidazole rings is 1. The molecule has 2 aromatic rings. The number of hydrogen-bond donors (Lipinski definition) is 3. The number of hydrogen-bond acceptors (Lipinski definition) is 8. The number of nitrogen functional groups attached to an aromatic ring is 1. The van der Waals surface area contributed by atoms with Gasteiger partial charge >= 0.3 is 0 Å². The van der Waals surface area contributed by atoms with Gasteiger partial charge < -0.3 is 25.4 Å². The van der Waals surface area contributed by atoms with Crippen molar-refractivity contribution in [1.29, 1.82) is 0 Å². The van der Waals surface area contributed by atoms with Crippen molar-refractivity contribution >= 4 is 40.3 Å². The first-order chi connectivity index (χ1) is 10.4. The zero-order valence-corrected chi connectivity index (χ0v) is 12.9. The lowest BCUT2D eigenvalue weighted by atomic mass is 10.2. The largest absolute Gasteiger partial charge is 0.479 e. The van der Waals surface area contributed by atoms with Crippen LogP contribution in [0.15, 0.2) is 6.33 Å². The Labute approximate surface area is 134 Å². The van der Waals surface area contributed by atoms with Gasteiger partial charge in [-0.05, 0) is 0 Å². The summed E-state index contributed by atoms with van der Waals surface area (Å²) < 4.78 is 10.3. The van der Waals surface area contributed by atoms with Crippen molar-refractivity contribution in [3.05, 3.63) is 6.33 Å². The number of halogens is 2. The van der Waals surface area contributed by atoms with Crippen LogP contribution < -0.4 is 10.5 Å². The minimum atomic E-state index is -1.70. The van der Waals surface area contributed by atoms with Crippen LogP contribution in [0.3, 0.4) is 0 Å². The summed E-state index contributed by atoms with van der Waals surface area (Å²) in [6, 6.07) is 0. The van der Waals surface area contributed by atoms with Crippen LogP contribution in [0.1, 0.15) is 6.23 Å². The van der Waals surface area contributed by atoms with Crippen LogP contribution in [0, 0.1) is 0 Å². The van der Waals surface area contributed by atoms with E-state index in [9.17, 15) is 10.2 Å². The molecule has 1 fully saturated rings. The molecule has 120 valence electrons. The Morgan fingerprint density at radius 3 is 2.82 bits per heavy atom. The van der Waals surface area contributed by atoms with Gasteiger partial charge in [0.1, 0.15) is 12.2 Å². The lowest BCUT2D eigenvalue weighted by Crippen LogP contribution is -2.37. The summed E-state index contributed by atoms with van der Waals surface area (Å²) in [5.74, 6) is 0.159. The molecule has 0 bridgehead atoms. The van der Waals surface area contributed by atoms with E-state index < -0.39 is 29.4 Å². The fourth-order valence-corrected chi connectivity index (χ4v) is 2.93. The lowest BCUT2D eigenvalue weighted by molar-refractivity contribution is -0.0434. The fourth-order valence-electron chi connectivity index (χ4n) is 2.34. The number of nitrogens with zero attached hydrogens (tertiary/aromatic N) is 4. The predicted molar refractivity (Wildman–Crippen MR) is 77.7 cm³/mol. The minimum absolute atomic E-state index is 0.0295. The molecule has 3 heterocycles. The topological polar surface area (TPSA) is 129 Å². The maximum absolute atomic E-state index is 10.0. The molecule has 1 aliphatic rings. The number of ether oxygens (including phenoxy) is 2. The second-order valence-electron chi connectivity index (χ2n) is 4.74. The number of alkyl halides is 2. The van der Waals surface area contributed by atoms with Gasteiger partial charge in [0.15, 0.2) is 21.7 Å². The van der Waals surface area contributed by atoms with Crippen LogP contribution in [0.25, 0.3) is 11.2 Å². The second-order valence-corrected chi connectivity index (χ2v) is 6.19. The first kappa shape index (κ1) is 15.5. The van der Waals surface area contributed by atoms with E-state index in [2.05, 4.69) is 15.0 Å². The van der Waals surface area contributed by atoms with Crippen molar-refractivity contribution in [1.82, 2.24) is 19.5 Å². The standard InChI is InChI=1S/C11H13Cl2N5O4/c1-21-8-5-7(16-10(14)17-8)18(3-15-5)9-11(12,13)6(20)4(2-19)22-9/h3-4,6,9,19-20H,2H2,1H3,(H2,14,16,17)/t4-,6+,9-/m1/s1. The SMILES string of the molecule is COc1nc(N)nc2c1ncn2[C@@H]1O[C@H](CO)[C@H](O)C1(Cl)Cl. The molecule has 0 spiro atoms. The van der Waals surface area contributed by atoms with E-state index in [4.69, 9.17) is 38.4 Å². The molecule has 2 aromatic heterocycles. The van der Waals surface area contributed by atoms with E-state index in [1.165, 1.54) is 18.0 Å². The summed E-state index contributed by atoms with van der Waals surface area (Å²) in [6.07, 6.45) is -1.87. The number of aliphatic hydroxyl groups is 2. The average molecular weight is 350 g/mol. The number of nitrogens with two attached hydrogens (primary N) is 1. The molecule has 1 saturated heterocycles. The summed E-state index contributed by atoms with van der Waals surface area (Å²) in [7, 11) is 1.42. The zero-order chi connectivity index (χ0) is 16.1. The quantitative estimate of drug-likeness (QED) is 0.652. The molecule has 3 rings (SSSR count). The molecule has 0 saturated carbocycles. The van der Waals surface area contributed by atoms with Crippen LogP contribution in [0.5, 0.6) is 5.88 Å². The molecular weight excluding hydrogens is 337 g/mol. The van der Waals surface area contributed by atoms with Gasteiger partial charge in [-0.2, -0.15) is 9.97 Å². The van der Waals surface area contributed by atoms with Gasteiger partial charge in [0, 0.05) is 0 Å². The molecule has 0 unspecified atom stereocenters. The summed E-state index contributed by atoms with van der Waals surface area (Å²) in [4.78, 5) is 12.1. The van der Waals surface area contributed by atoms with Crippen molar-refractivity contribution in [2.75, 3.05) is 19.5 Å². The van der Waals surface area contributed by atoms with Crippen molar-refractivity contribution in [3.8, 4) is 5.88 Å².